The van der Waals surface area contributed by atoms with Gasteiger partial charge in [0, 0.05) is 18.5 Å². The largest absolute Gasteiger partial charge is 0.493 e. The van der Waals surface area contributed by atoms with Crippen molar-refractivity contribution in [2.75, 3.05) is 13.7 Å². The van der Waals surface area contributed by atoms with Crippen molar-refractivity contribution in [3.63, 3.8) is 0 Å². The zero-order chi connectivity index (χ0) is 17.1. The van der Waals surface area contributed by atoms with E-state index >= 15 is 0 Å². The van der Waals surface area contributed by atoms with Crippen LogP contribution in [0.4, 0.5) is 0 Å². The highest BCUT2D eigenvalue weighted by atomic mass is 35.5. The molecule has 0 aliphatic rings. The topological polar surface area (TPSA) is 63.8 Å². The third-order valence-electron chi connectivity index (χ3n) is 4.20. The lowest BCUT2D eigenvalue weighted by Gasteiger charge is -2.14. The first kappa shape index (κ1) is 19.0. The number of rotatable bonds is 6. The van der Waals surface area contributed by atoms with Crippen LogP contribution in [0.15, 0.2) is 48.7 Å². The molecule has 132 valence electrons. The van der Waals surface area contributed by atoms with Crippen LogP contribution >= 0.6 is 12.4 Å². The fourth-order valence-corrected chi connectivity index (χ4v) is 2.98. The maximum Gasteiger partial charge on any atom is 0.182 e. The Balaban J connectivity index is 0.00000225. The number of ketones is 1. The molecule has 0 saturated carbocycles. The van der Waals surface area contributed by atoms with Crippen LogP contribution < -0.4 is 4.74 Å². The van der Waals surface area contributed by atoms with E-state index in [-0.39, 0.29) is 37.1 Å². The molecule has 1 aromatic carbocycles. The molecule has 2 heterocycles. The number of ether oxygens (including phenoxy) is 1. The van der Waals surface area contributed by atoms with E-state index in [0.29, 0.717) is 22.8 Å². The monoisotopic (exact) mass is 360 g/mol. The summed E-state index contributed by atoms with van der Waals surface area (Å²) in [7, 11) is 1.58. The van der Waals surface area contributed by atoms with Gasteiger partial charge in [0.15, 0.2) is 17.2 Å². The molecule has 0 saturated heterocycles. The molecule has 0 amide bonds. The Kier molecular flexibility index (Phi) is 6.17. The molecule has 3 aromatic rings. The van der Waals surface area contributed by atoms with Crippen LogP contribution in [-0.2, 0) is 0 Å². The lowest BCUT2D eigenvalue weighted by atomic mass is 9.93. The molecule has 1 N–H and O–H groups in total. The van der Waals surface area contributed by atoms with E-state index in [9.17, 15) is 9.90 Å². The second-order valence-electron chi connectivity index (χ2n) is 5.73. The van der Waals surface area contributed by atoms with Crippen molar-refractivity contribution in [2.45, 2.75) is 19.3 Å². The molecular formula is C19H21ClN2O3. The Morgan fingerprint density at radius 1 is 1.24 bits per heavy atom. The number of hydrogen-bond donors (Lipinski definition) is 1. The number of carbonyl (C=O) groups is 1. The Labute approximate surface area is 152 Å². The van der Waals surface area contributed by atoms with Crippen LogP contribution in [0, 0.1) is 6.92 Å². The average molecular weight is 361 g/mol. The van der Waals surface area contributed by atoms with E-state index in [1.54, 1.807) is 11.5 Å². The summed E-state index contributed by atoms with van der Waals surface area (Å²) in [5.41, 5.74) is 2.78. The highest BCUT2D eigenvalue weighted by Crippen LogP contribution is 2.26. The first-order valence-corrected chi connectivity index (χ1v) is 7.86. The summed E-state index contributed by atoms with van der Waals surface area (Å²) < 4.78 is 7.07. The van der Waals surface area contributed by atoms with Crippen LogP contribution in [0.1, 0.15) is 34.1 Å². The number of aliphatic hydroxyl groups excluding tert-OH is 1. The average Bonchev–Trinajstić information content (AvgIpc) is 2.96. The van der Waals surface area contributed by atoms with Gasteiger partial charge in [0.25, 0.3) is 0 Å². The van der Waals surface area contributed by atoms with Crippen molar-refractivity contribution in [1.29, 1.82) is 0 Å². The number of aliphatic hydroxyl groups is 1. The first-order chi connectivity index (χ1) is 11.7. The number of imidazole rings is 1. The van der Waals surface area contributed by atoms with Crippen molar-refractivity contribution in [3.8, 4) is 5.75 Å². The molecule has 0 aliphatic heterocycles. The highest BCUT2D eigenvalue weighted by Gasteiger charge is 2.22. The molecular weight excluding hydrogens is 340 g/mol. The summed E-state index contributed by atoms with van der Waals surface area (Å²) >= 11 is 0. The minimum absolute atomic E-state index is 0. The Bertz CT molecular complexity index is 862. The number of methoxy groups -OCH3 is 1. The minimum Gasteiger partial charge on any atom is -0.493 e. The number of Topliss-reactive ketones (excluding diaryl/α,β-unsaturated/α-hetero) is 1. The van der Waals surface area contributed by atoms with Gasteiger partial charge in [-0.1, -0.05) is 30.3 Å². The van der Waals surface area contributed by atoms with E-state index in [1.165, 1.54) is 0 Å². The SMILES string of the molecule is COc1cccn2c(C(=O)C[C@@H](CO)c3ccccc3)c(C)nc12.Cl. The molecule has 6 heteroatoms. The summed E-state index contributed by atoms with van der Waals surface area (Å²) in [6.45, 7) is 1.74. The number of aromatic nitrogens is 2. The summed E-state index contributed by atoms with van der Waals surface area (Å²) in [5, 5.41) is 9.70. The highest BCUT2D eigenvalue weighted by molar-refractivity contribution is 5.97. The third kappa shape index (κ3) is 3.67. The molecule has 0 aliphatic carbocycles. The molecule has 25 heavy (non-hydrogen) atoms. The second kappa shape index (κ2) is 8.14. The third-order valence-corrected chi connectivity index (χ3v) is 4.20. The fourth-order valence-electron chi connectivity index (χ4n) is 2.98. The smallest absolute Gasteiger partial charge is 0.182 e. The summed E-state index contributed by atoms with van der Waals surface area (Å²) in [5.74, 6) is 0.354. The lowest BCUT2D eigenvalue weighted by molar-refractivity contribution is 0.0953. The van der Waals surface area contributed by atoms with E-state index < -0.39 is 0 Å². The number of aryl methyl sites for hydroxylation is 1. The van der Waals surface area contributed by atoms with Crippen molar-refractivity contribution in [1.82, 2.24) is 9.38 Å². The van der Waals surface area contributed by atoms with E-state index in [0.717, 1.165) is 5.56 Å². The van der Waals surface area contributed by atoms with Crippen molar-refractivity contribution in [2.24, 2.45) is 0 Å². The Morgan fingerprint density at radius 3 is 2.60 bits per heavy atom. The quantitative estimate of drug-likeness (QED) is 0.684. The molecule has 0 unspecified atom stereocenters. The van der Waals surface area contributed by atoms with Gasteiger partial charge in [-0.05, 0) is 24.6 Å². The van der Waals surface area contributed by atoms with Gasteiger partial charge in [-0.3, -0.25) is 9.20 Å². The van der Waals surface area contributed by atoms with Gasteiger partial charge in [-0.15, -0.1) is 12.4 Å². The number of benzene rings is 1. The summed E-state index contributed by atoms with van der Waals surface area (Å²) in [6, 6.07) is 13.2. The molecule has 0 fully saturated rings. The molecule has 2 aromatic heterocycles. The van der Waals surface area contributed by atoms with Crippen LogP contribution in [-0.4, -0.2) is 34.0 Å². The number of fused-ring (bicyclic) bond motifs is 1. The molecule has 0 spiro atoms. The van der Waals surface area contributed by atoms with Gasteiger partial charge in [-0.2, -0.15) is 0 Å². The van der Waals surface area contributed by atoms with Gasteiger partial charge in [0.05, 0.1) is 19.4 Å². The maximum absolute atomic E-state index is 12.9. The number of pyridine rings is 1. The summed E-state index contributed by atoms with van der Waals surface area (Å²) in [6.07, 6.45) is 2.04. The van der Waals surface area contributed by atoms with Gasteiger partial charge in [-0.25, -0.2) is 4.98 Å². The van der Waals surface area contributed by atoms with Crippen LogP contribution in [0.5, 0.6) is 5.75 Å². The second-order valence-corrected chi connectivity index (χ2v) is 5.73. The molecule has 0 radical (unpaired) electrons. The van der Waals surface area contributed by atoms with Gasteiger partial charge < -0.3 is 9.84 Å². The van der Waals surface area contributed by atoms with Crippen molar-refractivity contribution in [3.05, 3.63) is 65.6 Å². The predicted molar refractivity (Wildman–Crippen MR) is 98.9 cm³/mol. The Hall–Kier alpha value is -2.37. The van der Waals surface area contributed by atoms with Crippen LogP contribution in [0.25, 0.3) is 5.65 Å². The zero-order valence-electron chi connectivity index (χ0n) is 14.2. The number of halogens is 1. The predicted octanol–water partition coefficient (Wildman–Crippen LogP) is 3.42. The van der Waals surface area contributed by atoms with E-state index in [2.05, 4.69) is 4.98 Å². The van der Waals surface area contributed by atoms with Crippen LogP contribution in [0.2, 0.25) is 0 Å². The number of nitrogens with zero attached hydrogens (tertiary/aromatic N) is 2. The molecule has 1 atom stereocenters. The first-order valence-electron chi connectivity index (χ1n) is 7.86. The van der Waals surface area contributed by atoms with E-state index in [4.69, 9.17) is 4.74 Å². The van der Waals surface area contributed by atoms with Crippen molar-refractivity contribution < 1.29 is 14.6 Å². The summed E-state index contributed by atoms with van der Waals surface area (Å²) in [4.78, 5) is 17.3. The van der Waals surface area contributed by atoms with Crippen LogP contribution in [0.3, 0.4) is 0 Å². The number of carbonyl (C=O) groups excluding carboxylic acids is 1. The number of hydrogen-bond acceptors (Lipinski definition) is 4. The minimum atomic E-state index is -0.228. The molecule has 3 rings (SSSR count). The fraction of sp³-hybridized carbons (Fsp3) is 0.263. The van der Waals surface area contributed by atoms with Gasteiger partial charge in [0.1, 0.15) is 5.69 Å². The maximum atomic E-state index is 12.9. The molecule has 5 nitrogen and oxygen atoms in total. The lowest BCUT2D eigenvalue weighted by Crippen LogP contribution is -2.13. The standard InChI is InChI=1S/C19H20N2O3.ClH/c1-13-18(21-10-6-9-17(24-2)19(21)20-13)16(23)11-15(12-22)14-7-4-3-5-8-14;/h3-10,15,22H,11-12H2,1-2H3;1H/t15-;/m0./s1. The Morgan fingerprint density at radius 2 is 1.96 bits per heavy atom. The van der Waals surface area contributed by atoms with Crippen molar-refractivity contribution >= 4 is 23.8 Å². The van der Waals surface area contributed by atoms with Gasteiger partial charge in [0.2, 0.25) is 0 Å². The zero-order valence-corrected chi connectivity index (χ0v) is 15.0. The van der Waals surface area contributed by atoms with Gasteiger partial charge >= 0.3 is 0 Å². The van der Waals surface area contributed by atoms with E-state index in [1.807, 2.05) is 55.6 Å². The normalized spacial score (nSPS) is 11.8. The molecule has 0 bridgehead atoms.